The molecule has 1 fully saturated rings. The number of hydrogen-bond donors (Lipinski definition) is 2. The van der Waals surface area contributed by atoms with Gasteiger partial charge in [-0.05, 0) is 26.8 Å². The first-order chi connectivity index (χ1) is 9.80. The van der Waals surface area contributed by atoms with Crippen molar-refractivity contribution in [3.63, 3.8) is 0 Å². The van der Waals surface area contributed by atoms with Crippen molar-refractivity contribution in [1.29, 1.82) is 0 Å². The minimum Gasteiger partial charge on any atom is -0.378 e. The average Bonchev–Trinajstić information content (AvgIpc) is 2.43. The summed E-state index contributed by atoms with van der Waals surface area (Å²) in [6, 6.07) is -0.884. The average molecular weight is 322 g/mol. The Morgan fingerprint density at radius 1 is 1.52 bits per heavy atom. The number of morpholine rings is 1. The van der Waals surface area contributed by atoms with Gasteiger partial charge in [-0.3, -0.25) is 4.79 Å². The van der Waals surface area contributed by atoms with Gasteiger partial charge >= 0.3 is 0 Å². The van der Waals surface area contributed by atoms with Gasteiger partial charge in [0.25, 0.3) is 10.2 Å². The maximum absolute atomic E-state index is 12.6. The van der Waals surface area contributed by atoms with E-state index in [1.54, 1.807) is 0 Å². The third-order valence-electron chi connectivity index (χ3n) is 3.18. The Kier molecular flexibility index (Phi) is 7.01. The van der Waals surface area contributed by atoms with Gasteiger partial charge in [0.05, 0.1) is 13.2 Å². The molecule has 0 bridgehead atoms. The highest BCUT2D eigenvalue weighted by Gasteiger charge is 2.39. The number of ether oxygens (including phenoxy) is 1. The van der Waals surface area contributed by atoms with Gasteiger partial charge in [-0.25, -0.2) is 0 Å². The number of nitrogens with zero attached hydrogens (tertiary/aromatic N) is 2. The number of carbonyl (C=O) groups excluding carboxylic acids is 1. The van der Waals surface area contributed by atoms with Crippen LogP contribution in [0.25, 0.3) is 0 Å². The summed E-state index contributed by atoms with van der Waals surface area (Å²) in [5, 5.41) is 2.73. The lowest BCUT2D eigenvalue weighted by Crippen LogP contribution is -2.59. The molecule has 0 saturated carbocycles. The predicted molar refractivity (Wildman–Crippen MR) is 79.8 cm³/mol. The van der Waals surface area contributed by atoms with Crippen molar-refractivity contribution in [1.82, 2.24) is 13.9 Å². The van der Waals surface area contributed by atoms with Gasteiger partial charge in [0, 0.05) is 26.2 Å². The molecule has 0 aromatic rings. The van der Waals surface area contributed by atoms with Crippen molar-refractivity contribution < 1.29 is 17.9 Å². The zero-order chi connectivity index (χ0) is 16.0. The third-order valence-corrected chi connectivity index (χ3v) is 5.18. The Morgan fingerprint density at radius 2 is 2.19 bits per heavy atom. The molecule has 1 heterocycles. The lowest BCUT2D eigenvalue weighted by atomic mass is 10.2. The van der Waals surface area contributed by atoms with Crippen LogP contribution >= 0.6 is 0 Å². The fraction of sp³-hybridized carbons (Fsp3) is 0.917. The number of nitrogens with two attached hydrogens (primary N) is 1. The molecule has 1 aliphatic rings. The molecule has 8 nitrogen and oxygen atoms in total. The molecule has 124 valence electrons. The molecular formula is C12H26N4O4S. The van der Waals surface area contributed by atoms with Gasteiger partial charge in [-0.15, -0.1) is 0 Å². The van der Waals surface area contributed by atoms with E-state index in [0.717, 1.165) is 0 Å². The molecule has 3 N–H and O–H groups in total. The summed E-state index contributed by atoms with van der Waals surface area (Å²) in [5.74, 6) is -0.333. The van der Waals surface area contributed by atoms with Crippen LogP contribution in [0.4, 0.5) is 0 Å². The molecule has 21 heavy (non-hydrogen) atoms. The molecule has 9 heteroatoms. The van der Waals surface area contributed by atoms with Crippen molar-refractivity contribution in [2.45, 2.75) is 32.4 Å². The van der Waals surface area contributed by atoms with Gasteiger partial charge in [0.1, 0.15) is 6.04 Å². The molecule has 0 radical (unpaired) electrons. The summed E-state index contributed by atoms with van der Waals surface area (Å²) in [6.07, 6.45) is 0.572. The molecular weight excluding hydrogens is 296 g/mol. The van der Waals surface area contributed by atoms with Crippen LogP contribution in [0.15, 0.2) is 0 Å². The molecule has 1 saturated heterocycles. The van der Waals surface area contributed by atoms with Crippen LogP contribution in [0.1, 0.15) is 20.3 Å². The summed E-state index contributed by atoms with van der Waals surface area (Å²) < 4.78 is 32.9. The van der Waals surface area contributed by atoms with Crippen molar-refractivity contribution in [3.05, 3.63) is 0 Å². The largest absolute Gasteiger partial charge is 0.378 e. The first kappa shape index (κ1) is 18.3. The summed E-state index contributed by atoms with van der Waals surface area (Å²) in [5.41, 5.74) is 5.41. The molecule has 0 aliphatic carbocycles. The topological polar surface area (TPSA) is 105 Å². The van der Waals surface area contributed by atoms with E-state index in [1.807, 2.05) is 13.8 Å². The lowest BCUT2D eigenvalue weighted by molar-refractivity contribution is -0.129. The number of carbonyl (C=O) groups is 1. The van der Waals surface area contributed by atoms with E-state index < -0.39 is 16.3 Å². The predicted octanol–water partition coefficient (Wildman–Crippen LogP) is -1.26. The Hall–Kier alpha value is -0.740. The van der Waals surface area contributed by atoms with E-state index >= 15 is 0 Å². The van der Waals surface area contributed by atoms with Crippen LogP contribution in [0, 0.1) is 0 Å². The minimum atomic E-state index is -3.69. The lowest BCUT2D eigenvalue weighted by Gasteiger charge is -2.36. The van der Waals surface area contributed by atoms with Crippen LogP contribution < -0.4 is 11.1 Å². The second-order valence-corrected chi connectivity index (χ2v) is 7.32. The quantitative estimate of drug-likeness (QED) is 0.608. The first-order valence-electron chi connectivity index (χ1n) is 7.12. The molecule has 0 aromatic heterocycles. The molecule has 1 amide bonds. The zero-order valence-electron chi connectivity index (χ0n) is 12.9. The molecule has 1 aliphatic heterocycles. The number of hydrogen-bond acceptors (Lipinski definition) is 5. The monoisotopic (exact) mass is 322 g/mol. The van der Waals surface area contributed by atoms with E-state index in [1.165, 1.54) is 15.7 Å². The summed E-state index contributed by atoms with van der Waals surface area (Å²) in [4.78, 5) is 12.2. The second-order valence-electron chi connectivity index (χ2n) is 5.34. The third kappa shape index (κ3) is 4.89. The van der Waals surface area contributed by atoms with E-state index in [2.05, 4.69) is 5.32 Å². The fourth-order valence-corrected chi connectivity index (χ4v) is 3.56. The molecule has 0 aromatic carbocycles. The zero-order valence-corrected chi connectivity index (χ0v) is 13.7. The highest BCUT2D eigenvalue weighted by Crippen LogP contribution is 2.16. The maximum atomic E-state index is 12.6. The van der Waals surface area contributed by atoms with E-state index in [0.29, 0.717) is 19.5 Å². The van der Waals surface area contributed by atoms with Gasteiger partial charge in [-0.1, -0.05) is 0 Å². The van der Waals surface area contributed by atoms with Crippen LogP contribution in [0.5, 0.6) is 0 Å². The summed E-state index contributed by atoms with van der Waals surface area (Å²) >= 11 is 0. The maximum Gasteiger partial charge on any atom is 0.282 e. The van der Waals surface area contributed by atoms with Crippen LogP contribution in [0.2, 0.25) is 0 Å². The molecule has 1 unspecified atom stereocenters. The van der Waals surface area contributed by atoms with Gasteiger partial charge in [0.15, 0.2) is 0 Å². The van der Waals surface area contributed by atoms with Crippen molar-refractivity contribution in [3.8, 4) is 0 Å². The van der Waals surface area contributed by atoms with Gasteiger partial charge in [-0.2, -0.15) is 17.0 Å². The fourth-order valence-electron chi connectivity index (χ4n) is 2.06. The van der Waals surface area contributed by atoms with Crippen molar-refractivity contribution >= 4 is 16.1 Å². The summed E-state index contributed by atoms with van der Waals surface area (Å²) in [7, 11) is -2.20. The Labute approximate surface area is 126 Å². The number of nitrogens with one attached hydrogen (secondary N) is 1. The smallest absolute Gasteiger partial charge is 0.282 e. The number of amides is 1. The van der Waals surface area contributed by atoms with Crippen molar-refractivity contribution in [2.75, 3.05) is 39.9 Å². The standard InChI is InChI=1S/C12H26N4O4S/c1-10(2)14-12(17)11-9-20-8-7-16(11)21(18,19)15(3)6-4-5-13/h10-11H,4-9,13H2,1-3H3,(H,14,17). The van der Waals surface area contributed by atoms with Crippen LogP contribution in [0.3, 0.4) is 0 Å². The van der Waals surface area contributed by atoms with Gasteiger partial charge < -0.3 is 15.8 Å². The Bertz CT molecular complexity index is 441. The highest BCUT2D eigenvalue weighted by atomic mass is 32.2. The molecule has 1 atom stereocenters. The second kappa shape index (κ2) is 8.04. The number of rotatable bonds is 7. The molecule has 1 rings (SSSR count). The SMILES string of the molecule is CC(C)NC(=O)C1COCCN1S(=O)(=O)N(C)CCCN. The highest BCUT2D eigenvalue weighted by molar-refractivity contribution is 7.86. The van der Waals surface area contributed by atoms with E-state index in [-0.39, 0.29) is 31.7 Å². The van der Waals surface area contributed by atoms with Gasteiger partial charge in [0.2, 0.25) is 5.91 Å². The Balaban J connectivity index is 2.87. The molecule has 0 spiro atoms. The first-order valence-corrected chi connectivity index (χ1v) is 8.51. The van der Waals surface area contributed by atoms with E-state index in [4.69, 9.17) is 10.5 Å². The van der Waals surface area contributed by atoms with Crippen molar-refractivity contribution in [2.24, 2.45) is 5.73 Å². The normalized spacial score (nSPS) is 21.0. The van der Waals surface area contributed by atoms with E-state index in [9.17, 15) is 13.2 Å². The van der Waals surface area contributed by atoms with Crippen LogP contribution in [-0.4, -0.2) is 74.9 Å². The minimum absolute atomic E-state index is 0.0565. The summed E-state index contributed by atoms with van der Waals surface area (Å²) in [6.45, 7) is 4.93. The van der Waals surface area contributed by atoms with Crippen LogP contribution in [-0.2, 0) is 19.7 Å². The Morgan fingerprint density at radius 3 is 2.76 bits per heavy atom.